The molecule has 0 bridgehead atoms. The van der Waals surface area contributed by atoms with Crippen LogP contribution in [-0.4, -0.2) is 29.9 Å². The Morgan fingerprint density at radius 1 is 1.29 bits per heavy atom. The Balaban J connectivity index is 0.00000161. The van der Waals surface area contributed by atoms with Crippen molar-refractivity contribution in [2.45, 2.75) is 38.3 Å². The minimum atomic E-state index is 0. The van der Waals surface area contributed by atoms with Gasteiger partial charge in [-0.15, -0.1) is 12.4 Å². The molecular weight excluding hydrogens is 307 g/mol. The number of benzene rings is 1. The van der Waals surface area contributed by atoms with Gasteiger partial charge in [0.25, 0.3) is 0 Å². The number of nitrogens with one attached hydrogen (secondary N) is 1. The Bertz CT molecular complexity index is 482. The number of nitrogens with zero attached hydrogens (tertiary/aromatic N) is 1. The van der Waals surface area contributed by atoms with E-state index in [4.69, 9.17) is 11.6 Å². The molecule has 1 aromatic carbocycles. The van der Waals surface area contributed by atoms with E-state index in [1.165, 1.54) is 5.56 Å². The molecule has 0 spiro atoms. The van der Waals surface area contributed by atoms with Gasteiger partial charge >= 0.3 is 0 Å². The highest BCUT2D eigenvalue weighted by molar-refractivity contribution is 6.30. The van der Waals surface area contributed by atoms with Crippen molar-refractivity contribution in [1.82, 2.24) is 10.2 Å². The third-order valence-corrected chi connectivity index (χ3v) is 4.63. The van der Waals surface area contributed by atoms with E-state index in [2.05, 4.69) is 17.1 Å². The SMILES string of the molecule is CC(c1ccc(Cl)cc1)N(C(=O)C1CCNC1)C1CC1.Cl. The van der Waals surface area contributed by atoms with Crippen LogP contribution in [0.1, 0.15) is 37.8 Å². The van der Waals surface area contributed by atoms with Crippen molar-refractivity contribution in [3.8, 4) is 0 Å². The first-order valence-corrected chi connectivity index (χ1v) is 7.83. The molecule has 0 aromatic heterocycles. The number of hydrogen-bond acceptors (Lipinski definition) is 2. The fraction of sp³-hybridized carbons (Fsp3) is 0.562. The molecule has 21 heavy (non-hydrogen) atoms. The first kappa shape index (κ1) is 16.6. The number of amides is 1. The summed E-state index contributed by atoms with van der Waals surface area (Å²) in [5.74, 6) is 0.477. The van der Waals surface area contributed by atoms with Gasteiger partial charge in [-0.25, -0.2) is 0 Å². The Kier molecular flexibility index (Phi) is 5.53. The van der Waals surface area contributed by atoms with Crippen LogP contribution in [-0.2, 0) is 4.79 Å². The molecule has 1 aliphatic heterocycles. The lowest BCUT2D eigenvalue weighted by Gasteiger charge is -2.32. The average molecular weight is 329 g/mol. The fourth-order valence-electron chi connectivity index (χ4n) is 3.02. The summed E-state index contributed by atoms with van der Waals surface area (Å²) in [6.45, 7) is 3.92. The van der Waals surface area contributed by atoms with Gasteiger partial charge in [0.15, 0.2) is 0 Å². The number of carbonyl (C=O) groups excluding carboxylic acids is 1. The molecule has 2 unspecified atom stereocenters. The third-order valence-electron chi connectivity index (χ3n) is 4.37. The summed E-state index contributed by atoms with van der Waals surface area (Å²) in [7, 11) is 0. The third kappa shape index (κ3) is 3.71. The summed E-state index contributed by atoms with van der Waals surface area (Å²) >= 11 is 5.95. The first-order chi connectivity index (χ1) is 9.66. The lowest BCUT2D eigenvalue weighted by Crippen LogP contribution is -2.40. The van der Waals surface area contributed by atoms with E-state index >= 15 is 0 Å². The van der Waals surface area contributed by atoms with Crippen LogP contribution in [0.3, 0.4) is 0 Å². The van der Waals surface area contributed by atoms with Crippen molar-refractivity contribution >= 4 is 29.9 Å². The highest BCUT2D eigenvalue weighted by Gasteiger charge is 2.39. The van der Waals surface area contributed by atoms with E-state index in [1.54, 1.807) is 0 Å². The van der Waals surface area contributed by atoms with Crippen LogP contribution in [0.5, 0.6) is 0 Å². The van der Waals surface area contributed by atoms with Gasteiger partial charge in [0.05, 0.1) is 12.0 Å². The van der Waals surface area contributed by atoms with E-state index < -0.39 is 0 Å². The molecule has 1 saturated carbocycles. The van der Waals surface area contributed by atoms with E-state index in [-0.39, 0.29) is 24.4 Å². The van der Waals surface area contributed by atoms with Crippen molar-refractivity contribution in [2.75, 3.05) is 13.1 Å². The maximum Gasteiger partial charge on any atom is 0.227 e. The maximum absolute atomic E-state index is 12.8. The predicted octanol–water partition coefficient (Wildman–Crippen LogP) is 3.42. The number of halogens is 2. The number of hydrogen-bond donors (Lipinski definition) is 1. The average Bonchev–Trinajstić information content (AvgIpc) is 3.12. The van der Waals surface area contributed by atoms with Crippen molar-refractivity contribution in [1.29, 1.82) is 0 Å². The van der Waals surface area contributed by atoms with Crippen LogP contribution in [0.2, 0.25) is 5.02 Å². The smallest absolute Gasteiger partial charge is 0.227 e. The topological polar surface area (TPSA) is 32.3 Å². The van der Waals surface area contributed by atoms with Crippen molar-refractivity contribution in [3.63, 3.8) is 0 Å². The monoisotopic (exact) mass is 328 g/mol. The summed E-state index contributed by atoms with van der Waals surface area (Å²) in [6, 6.07) is 8.44. The van der Waals surface area contributed by atoms with Gasteiger partial charge in [-0.3, -0.25) is 4.79 Å². The zero-order chi connectivity index (χ0) is 14.1. The summed E-state index contributed by atoms with van der Waals surface area (Å²) < 4.78 is 0. The summed E-state index contributed by atoms with van der Waals surface area (Å²) in [5, 5.41) is 4.03. The van der Waals surface area contributed by atoms with Gasteiger partial charge in [0.2, 0.25) is 5.91 Å². The minimum absolute atomic E-state index is 0. The molecule has 1 aliphatic carbocycles. The molecule has 1 heterocycles. The van der Waals surface area contributed by atoms with E-state index in [0.29, 0.717) is 11.9 Å². The van der Waals surface area contributed by atoms with Gasteiger partial charge in [-0.05, 0) is 50.4 Å². The predicted molar refractivity (Wildman–Crippen MR) is 88.0 cm³/mol. The second-order valence-electron chi connectivity index (χ2n) is 5.89. The second-order valence-corrected chi connectivity index (χ2v) is 6.33. The van der Waals surface area contributed by atoms with Gasteiger partial charge in [-0.1, -0.05) is 23.7 Å². The van der Waals surface area contributed by atoms with Crippen molar-refractivity contribution < 1.29 is 4.79 Å². The molecular formula is C16H22Cl2N2O. The largest absolute Gasteiger partial charge is 0.333 e. The standard InChI is InChI=1S/C16H21ClN2O.ClH/c1-11(12-2-4-14(17)5-3-12)19(15-6-7-15)16(20)13-8-9-18-10-13;/h2-5,11,13,15,18H,6-10H2,1H3;1H. The zero-order valence-corrected chi connectivity index (χ0v) is 13.8. The highest BCUT2D eigenvalue weighted by Crippen LogP contribution is 2.36. The number of rotatable bonds is 4. The molecule has 1 amide bonds. The molecule has 1 saturated heterocycles. The van der Waals surface area contributed by atoms with Gasteiger partial charge in [0.1, 0.15) is 0 Å². The fourth-order valence-corrected chi connectivity index (χ4v) is 3.14. The van der Waals surface area contributed by atoms with Crippen LogP contribution >= 0.6 is 24.0 Å². The Morgan fingerprint density at radius 3 is 2.48 bits per heavy atom. The molecule has 0 radical (unpaired) electrons. The van der Waals surface area contributed by atoms with Gasteiger partial charge in [-0.2, -0.15) is 0 Å². The van der Waals surface area contributed by atoms with Crippen LogP contribution in [0.4, 0.5) is 0 Å². The van der Waals surface area contributed by atoms with E-state index in [1.807, 2.05) is 24.3 Å². The second kappa shape index (κ2) is 6.99. The van der Waals surface area contributed by atoms with Crippen LogP contribution < -0.4 is 5.32 Å². The Hall–Kier alpha value is -0.770. The van der Waals surface area contributed by atoms with E-state index in [9.17, 15) is 4.79 Å². The number of carbonyl (C=O) groups is 1. The van der Waals surface area contributed by atoms with Gasteiger partial charge < -0.3 is 10.2 Å². The first-order valence-electron chi connectivity index (χ1n) is 7.45. The highest BCUT2D eigenvalue weighted by atomic mass is 35.5. The van der Waals surface area contributed by atoms with Crippen LogP contribution in [0.25, 0.3) is 0 Å². The molecule has 2 fully saturated rings. The molecule has 116 valence electrons. The molecule has 2 atom stereocenters. The van der Waals surface area contributed by atoms with Crippen molar-refractivity contribution in [3.05, 3.63) is 34.9 Å². The van der Waals surface area contributed by atoms with Crippen molar-refractivity contribution in [2.24, 2.45) is 5.92 Å². The maximum atomic E-state index is 12.8. The zero-order valence-electron chi connectivity index (χ0n) is 12.2. The molecule has 3 rings (SSSR count). The Morgan fingerprint density at radius 2 is 1.95 bits per heavy atom. The molecule has 1 aromatic rings. The normalized spacial score (nSPS) is 22.5. The van der Waals surface area contributed by atoms with Crippen LogP contribution in [0.15, 0.2) is 24.3 Å². The molecule has 5 heteroatoms. The molecule has 1 N–H and O–H groups in total. The van der Waals surface area contributed by atoms with Gasteiger partial charge in [0, 0.05) is 17.6 Å². The Labute approximate surface area is 137 Å². The summed E-state index contributed by atoms with van der Waals surface area (Å²) in [5.41, 5.74) is 1.17. The lowest BCUT2D eigenvalue weighted by atomic mass is 10.0. The van der Waals surface area contributed by atoms with E-state index in [0.717, 1.165) is 37.4 Å². The minimum Gasteiger partial charge on any atom is -0.333 e. The molecule has 3 nitrogen and oxygen atoms in total. The summed E-state index contributed by atoms with van der Waals surface area (Å²) in [4.78, 5) is 14.9. The quantitative estimate of drug-likeness (QED) is 0.918. The summed E-state index contributed by atoms with van der Waals surface area (Å²) in [6.07, 6.45) is 3.25. The molecule has 2 aliphatic rings. The van der Waals surface area contributed by atoms with Crippen LogP contribution in [0, 0.1) is 5.92 Å². The lowest BCUT2D eigenvalue weighted by molar-refractivity contribution is -0.137.